The average molecular weight is 265 g/mol. The molecule has 0 aliphatic carbocycles. The first-order valence-corrected chi connectivity index (χ1v) is 6.83. The van der Waals surface area contributed by atoms with Crippen molar-refractivity contribution in [1.29, 1.82) is 0 Å². The molecule has 0 bridgehead atoms. The van der Waals surface area contributed by atoms with Crippen LogP contribution in [-0.2, 0) is 15.9 Å². The maximum absolute atomic E-state index is 6.00. The van der Waals surface area contributed by atoms with Crippen LogP contribution in [0.3, 0.4) is 0 Å². The maximum atomic E-state index is 6.00. The molecule has 4 nitrogen and oxygen atoms in total. The second-order valence-corrected chi connectivity index (χ2v) is 4.99. The second kappa shape index (κ2) is 6.89. The van der Waals surface area contributed by atoms with E-state index >= 15 is 0 Å². The molecule has 0 saturated carbocycles. The van der Waals surface area contributed by atoms with Gasteiger partial charge in [-0.3, -0.25) is 0 Å². The first kappa shape index (κ1) is 14.3. The molecule has 1 aromatic rings. The van der Waals surface area contributed by atoms with Crippen LogP contribution in [0.2, 0.25) is 0 Å². The van der Waals surface area contributed by atoms with Gasteiger partial charge in [0.25, 0.3) is 0 Å². The van der Waals surface area contributed by atoms with Gasteiger partial charge in [0, 0.05) is 13.2 Å². The van der Waals surface area contributed by atoms with E-state index in [0.29, 0.717) is 19.8 Å². The molecular weight excluding hydrogens is 242 g/mol. The summed E-state index contributed by atoms with van der Waals surface area (Å²) in [5.74, 6) is 0.878. The van der Waals surface area contributed by atoms with Crippen LogP contribution in [0.15, 0.2) is 24.3 Å². The van der Waals surface area contributed by atoms with E-state index in [4.69, 9.17) is 19.9 Å². The Morgan fingerprint density at radius 3 is 2.68 bits per heavy atom. The van der Waals surface area contributed by atoms with Gasteiger partial charge < -0.3 is 19.9 Å². The standard InChI is InChI=1S/C15H23NO3/c1-17-14-5-3-13(4-6-14)7-10-19-15(11-16)8-2-9-18-12-15/h3-6H,2,7-12,16H2,1H3. The van der Waals surface area contributed by atoms with Crippen molar-refractivity contribution in [2.75, 3.05) is 33.5 Å². The lowest BCUT2D eigenvalue weighted by atomic mass is 9.96. The van der Waals surface area contributed by atoms with E-state index in [9.17, 15) is 0 Å². The normalized spacial score (nSPS) is 23.3. The molecule has 1 aliphatic rings. The van der Waals surface area contributed by atoms with Crippen molar-refractivity contribution in [3.05, 3.63) is 29.8 Å². The molecule has 1 aliphatic heterocycles. The van der Waals surface area contributed by atoms with E-state index < -0.39 is 0 Å². The minimum atomic E-state index is -0.273. The Bertz CT molecular complexity index is 371. The number of benzene rings is 1. The van der Waals surface area contributed by atoms with Gasteiger partial charge in [0.2, 0.25) is 0 Å². The van der Waals surface area contributed by atoms with Crippen molar-refractivity contribution in [2.24, 2.45) is 5.73 Å². The first-order chi connectivity index (χ1) is 9.28. The molecule has 1 fully saturated rings. The summed E-state index contributed by atoms with van der Waals surface area (Å²) in [5, 5.41) is 0. The number of ether oxygens (including phenoxy) is 3. The molecule has 0 spiro atoms. The van der Waals surface area contributed by atoms with Crippen LogP contribution >= 0.6 is 0 Å². The van der Waals surface area contributed by atoms with Crippen molar-refractivity contribution in [1.82, 2.24) is 0 Å². The molecular formula is C15H23NO3. The van der Waals surface area contributed by atoms with E-state index in [1.54, 1.807) is 7.11 Å². The molecule has 0 amide bonds. The van der Waals surface area contributed by atoms with Crippen LogP contribution in [0.4, 0.5) is 0 Å². The highest BCUT2D eigenvalue weighted by Gasteiger charge is 2.32. The van der Waals surface area contributed by atoms with Crippen LogP contribution < -0.4 is 10.5 Å². The van der Waals surface area contributed by atoms with Gasteiger partial charge in [-0.25, -0.2) is 0 Å². The smallest absolute Gasteiger partial charge is 0.118 e. The molecule has 1 aromatic carbocycles. The number of nitrogens with two attached hydrogens (primary N) is 1. The Morgan fingerprint density at radius 2 is 2.11 bits per heavy atom. The first-order valence-electron chi connectivity index (χ1n) is 6.83. The summed E-state index contributed by atoms with van der Waals surface area (Å²) >= 11 is 0. The van der Waals surface area contributed by atoms with Crippen LogP contribution in [0.1, 0.15) is 18.4 Å². The Balaban J connectivity index is 1.81. The van der Waals surface area contributed by atoms with Crippen LogP contribution in [-0.4, -0.2) is 39.1 Å². The second-order valence-electron chi connectivity index (χ2n) is 4.99. The van der Waals surface area contributed by atoms with Gasteiger partial charge >= 0.3 is 0 Å². The zero-order chi connectivity index (χ0) is 13.6. The molecule has 4 heteroatoms. The molecule has 1 saturated heterocycles. The highest BCUT2D eigenvalue weighted by Crippen LogP contribution is 2.22. The van der Waals surface area contributed by atoms with E-state index in [0.717, 1.165) is 31.6 Å². The minimum Gasteiger partial charge on any atom is -0.497 e. The van der Waals surface area contributed by atoms with Crippen molar-refractivity contribution in [3.8, 4) is 5.75 Å². The molecule has 106 valence electrons. The van der Waals surface area contributed by atoms with Gasteiger partial charge in [0.15, 0.2) is 0 Å². The average Bonchev–Trinajstić information content (AvgIpc) is 2.49. The van der Waals surface area contributed by atoms with Gasteiger partial charge in [0.05, 0.1) is 20.3 Å². The monoisotopic (exact) mass is 265 g/mol. The lowest BCUT2D eigenvalue weighted by Gasteiger charge is -2.35. The van der Waals surface area contributed by atoms with Crippen LogP contribution in [0.25, 0.3) is 0 Å². The lowest BCUT2D eigenvalue weighted by Crippen LogP contribution is -2.48. The van der Waals surface area contributed by atoms with Crippen LogP contribution in [0.5, 0.6) is 5.75 Å². The summed E-state index contributed by atoms with van der Waals surface area (Å²) in [6.07, 6.45) is 2.90. The molecule has 1 unspecified atom stereocenters. The van der Waals surface area contributed by atoms with E-state index in [1.165, 1.54) is 5.56 Å². The molecule has 1 atom stereocenters. The van der Waals surface area contributed by atoms with Gasteiger partial charge in [-0.15, -0.1) is 0 Å². The number of hydrogen-bond acceptors (Lipinski definition) is 4. The Morgan fingerprint density at radius 1 is 1.32 bits per heavy atom. The fraction of sp³-hybridized carbons (Fsp3) is 0.600. The van der Waals surface area contributed by atoms with Crippen LogP contribution in [0, 0.1) is 0 Å². The van der Waals surface area contributed by atoms with Gasteiger partial charge in [-0.05, 0) is 37.0 Å². The SMILES string of the molecule is COc1ccc(CCOC2(CN)CCCOC2)cc1. The van der Waals surface area contributed by atoms with Crippen molar-refractivity contribution in [2.45, 2.75) is 24.9 Å². The third kappa shape index (κ3) is 3.93. The van der Waals surface area contributed by atoms with Crippen molar-refractivity contribution in [3.63, 3.8) is 0 Å². The summed E-state index contributed by atoms with van der Waals surface area (Å²) in [6.45, 7) is 2.64. The Hall–Kier alpha value is -1.10. The maximum Gasteiger partial charge on any atom is 0.118 e. The van der Waals surface area contributed by atoms with Gasteiger partial charge in [-0.2, -0.15) is 0 Å². The third-order valence-electron chi connectivity index (χ3n) is 3.62. The van der Waals surface area contributed by atoms with Gasteiger partial charge in [0.1, 0.15) is 11.4 Å². The van der Waals surface area contributed by atoms with E-state index in [-0.39, 0.29) is 5.60 Å². The highest BCUT2D eigenvalue weighted by atomic mass is 16.5. The third-order valence-corrected chi connectivity index (χ3v) is 3.62. The molecule has 2 rings (SSSR count). The summed E-state index contributed by atoms with van der Waals surface area (Å²) < 4.78 is 16.6. The Labute approximate surface area is 114 Å². The number of hydrogen-bond donors (Lipinski definition) is 1. The van der Waals surface area contributed by atoms with Crippen molar-refractivity contribution < 1.29 is 14.2 Å². The predicted octanol–water partition coefficient (Wildman–Crippen LogP) is 1.76. The quantitative estimate of drug-likeness (QED) is 0.851. The molecule has 1 heterocycles. The fourth-order valence-electron chi connectivity index (χ4n) is 2.34. The molecule has 2 N–H and O–H groups in total. The zero-order valence-corrected chi connectivity index (χ0v) is 11.6. The summed E-state index contributed by atoms with van der Waals surface area (Å²) in [7, 11) is 1.67. The minimum absolute atomic E-state index is 0.273. The summed E-state index contributed by atoms with van der Waals surface area (Å²) in [5.41, 5.74) is 6.80. The molecule has 19 heavy (non-hydrogen) atoms. The fourth-order valence-corrected chi connectivity index (χ4v) is 2.34. The van der Waals surface area contributed by atoms with E-state index in [2.05, 4.69) is 12.1 Å². The molecule has 0 radical (unpaired) electrons. The van der Waals surface area contributed by atoms with Gasteiger partial charge in [-0.1, -0.05) is 12.1 Å². The summed E-state index contributed by atoms with van der Waals surface area (Å²) in [4.78, 5) is 0. The van der Waals surface area contributed by atoms with Crippen molar-refractivity contribution >= 4 is 0 Å². The molecule has 0 aromatic heterocycles. The predicted molar refractivity (Wildman–Crippen MR) is 74.5 cm³/mol. The lowest BCUT2D eigenvalue weighted by molar-refractivity contribution is -0.122. The highest BCUT2D eigenvalue weighted by molar-refractivity contribution is 5.27. The topological polar surface area (TPSA) is 53.7 Å². The number of methoxy groups -OCH3 is 1. The number of rotatable bonds is 6. The largest absolute Gasteiger partial charge is 0.497 e. The Kier molecular flexibility index (Phi) is 5.19. The zero-order valence-electron chi connectivity index (χ0n) is 11.6. The van der Waals surface area contributed by atoms with E-state index in [1.807, 2.05) is 12.1 Å². The summed E-state index contributed by atoms with van der Waals surface area (Å²) in [6, 6.07) is 8.07.